The van der Waals surface area contributed by atoms with Crippen LogP contribution in [0.5, 0.6) is 0 Å². The number of thiophene rings is 1. The molecule has 0 radical (unpaired) electrons. The average Bonchev–Trinajstić information content (AvgIpc) is 3.15. The van der Waals surface area contributed by atoms with E-state index in [0.717, 1.165) is 35.4 Å². The molecule has 2 aromatic rings. The number of benzene rings is 1. The van der Waals surface area contributed by atoms with Crippen molar-refractivity contribution < 1.29 is 23.1 Å². The highest BCUT2D eigenvalue weighted by atomic mass is 32.2. The molecule has 1 aliphatic heterocycles. The van der Waals surface area contributed by atoms with Gasteiger partial charge in [-0.05, 0) is 61.2 Å². The molecule has 1 aromatic carbocycles. The molecular weight excluding hydrogens is 450 g/mol. The summed E-state index contributed by atoms with van der Waals surface area (Å²) < 4.78 is 29.1. The quantitative estimate of drug-likeness (QED) is 0.341. The Balaban J connectivity index is 1.73. The van der Waals surface area contributed by atoms with E-state index in [4.69, 9.17) is 0 Å². The lowest BCUT2D eigenvalue weighted by atomic mass is 10.1. The van der Waals surface area contributed by atoms with Gasteiger partial charge in [-0.3, -0.25) is 9.52 Å². The van der Waals surface area contributed by atoms with Crippen LogP contribution in [0.15, 0.2) is 38.8 Å². The molecule has 1 aliphatic rings. The first kappa shape index (κ1) is 22.5. The highest BCUT2D eigenvalue weighted by molar-refractivity contribution is 8.00. The van der Waals surface area contributed by atoms with Gasteiger partial charge in [-0.15, -0.1) is 21.5 Å². The summed E-state index contributed by atoms with van der Waals surface area (Å²) in [6, 6.07) is 8.08. The topological polar surface area (TPSA) is 128 Å². The number of carbonyl (C=O) groups is 1. The van der Waals surface area contributed by atoms with Crippen LogP contribution in [0.2, 0.25) is 0 Å². The lowest BCUT2D eigenvalue weighted by Crippen LogP contribution is -2.33. The summed E-state index contributed by atoms with van der Waals surface area (Å²) >= 11 is 2.20. The van der Waals surface area contributed by atoms with E-state index >= 15 is 0 Å². The van der Waals surface area contributed by atoms with Crippen molar-refractivity contribution in [1.82, 2.24) is 10.0 Å². The van der Waals surface area contributed by atoms with Crippen molar-refractivity contribution in [1.29, 1.82) is 0 Å². The molecular formula is C18H21N3O6S3. The smallest absolute Gasteiger partial charge is 0.294 e. The summed E-state index contributed by atoms with van der Waals surface area (Å²) in [6.45, 7) is 4.16. The predicted molar refractivity (Wildman–Crippen MR) is 114 cm³/mol. The summed E-state index contributed by atoms with van der Waals surface area (Å²) in [5.74, 6) is -0.395. The monoisotopic (exact) mass is 471 g/mol. The van der Waals surface area contributed by atoms with Crippen LogP contribution in [0.4, 0.5) is 0 Å². The van der Waals surface area contributed by atoms with Crippen molar-refractivity contribution >= 4 is 39.0 Å². The molecule has 0 bridgehead atoms. The van der Waals surface area contributed by atoms with Crippen molar-refractivity contribution in [3.05, 3.63) is 57.1 Å². The van der Waals surface area contributed by atoms with E-state index in [1.165, 1.54) is 6.07 Å². The molecule has 2 heterocycles. The third-order valence-electron chi connectivity index (χ3n) is 4.65. The first-order chi connectivity index (χ1) is 14.2. The van der Waals surface area contributed by atoms with Gasteiger partial charge < -0.3 is 10.2 Å². The second kappa shape index (κ2) is 9.33. The average molecular weight is 472 g/mol. The fourth-order valence-electron chi connectivity index (χ4n) is 3.17. The fourth-order valence-corrected chi connectivity index (χ4v) is 7.63. The number of hydrogen-bond donors (Lipinski definition) is 2. The first-order valence-corrected chi connectivity index (χ1v) is 12.3. The van der Waals surface area contributed by atoms with E-state index in [9.17, 15) is 23.3 Å². The number of amides is 1. The van der Waals surface area contributed by atoms with Crippen molar-refractivity contribution in [2.45, 2.75) is 46.6 Å². The van der Waals surface area contributed by atoms with Gasteiger partial charge in [-0.1, -0.05) is 19.1 Å². The highest BCUT2D eigenvalue weighted by Crippen LogP contribution is 2.43. The number of rotatable bonds is 8. The minimum atomic E-state index is -3.38. The molecule has 0 fully saturated rings. The number of sulfone groups is 1. The van der Waals surface area contributed by atoms with Crippen molar-refractivity contribution in [2.24, 2.45) is 0 Å². The Labute approximate surface area is 182 Å². The Morgan fingerprint density at radius 3 is 2.87 bits per heavy atom. The van der Waals surface area contributed by atoms with Gasteiger partial charge in [-0.25, -0.2) is 8.42 Å². The Morgan fingerprint density at radius 1 is 1.40 bits per heavy atom. The summed E-state index contributed by atoms with van der Waals surface area (Å²) in [5, 5.41) is 12.3. The Morgan fingerprint density at radius 2 is 2.17 bits per heavy atom. The van der Waals surface area contributed by atoms with Gasteiger partial charge >= 0.3 is 0 Å². The van der Waals surface area contributed by atoms with Gasteiger partial charge in [0.1, 0.15) is 10.8 Å². The highest BCUT2D eigenvalue weighted by Gasteiger charge is 2.38. The zero-order valence-electron chi connectivity index (χ0n) is 16.3. The van der Waals surface area contributed by atoms with Crippen LogP contribution >= 0.6 is 23.3 Å². The number of nitrogens with one attached hydrogen (secondary N) is 2. The van der Waals surface area contributed by atoms with E-state index in [2.05, 4.69) is 14.9 Å². The zero-order chi connectivity index (χ0) is 21.9. The Hall–Kier alpha value is -2.15. The Kier molecular flexibility index (Phi) is 7.01. The van der Waals surface area contributed by atoms with Crippen LogP contribution in [0.1, 0.15) is 47.8 Å². The normalized spacial score (nSPS) is 19.7. The number of carbonyl (C=O) groups excluding carboxylic acids is 1. The number of fused-ring (bicyclic) bond motifs is 1. The maximum absolute atomic E-state index is 12.7. The third-order valence-corrected chi connectivity index (χ3v) is 9.45. The van der Waals surface area contributed by atoms with Crippen LogP contribution in [0.3, 0.4) is 0 Å². The fraction of sp³-hybridized carbons (Fsp3) is 0.389. The van der Waals surface area contributed by atoms with E-state index < -0.39 is 26.1 Å². The van der Waals surface area contributed by atoms with E-state index in [1.54, 1.807) is 25.1 Å². The lowest BCUT2D eigenvalue weighted by molar-refractivity contribution is -0.763. The minimum Gasteiger partial charge on any atom is -0.310 e. The SMILES string of the molecule is CCNC1CC(C)S(=O)(=O)c2sc(SNC(=O)c3cccc(CO[N+](=O)[O-])c3)cc21. The molecule has 0 aliphatic carbocycles. The minimum absolute atomic E-state index is 0.0388. The Bertz CT molecular complexity index is 1050. The summed E-state index contributed by atoms with van der Waals surface area (Å²) in [6.07, 6.45) is 0.509. The third kappa shape index (κ3) is 4.94. The van der Waals surface area contributed by atoms with Gasteiger partial charge in [0.05, 0.1) is 9.46 Å². The molecule has 2 N–H and O–H groups in total. The molecule has 0 saturated heterocycles. The van der Waals surface area contributed by atoms with Crippen LogP contribution in [0, 0.1) is 10.1 Å². The standard InChI is InChI=1S/C18H21N3O6S3/c1-3-19-15-7-11(2)30(25,26)18-14(15)9-16(28-18)29-20-17(22)13-6-4-5-12(8-13)10-27-21(23)24/h4-6,8-9,11,15,19H,3,7,10H2,1-2H3,(H,20,22). The van der Waals surface area contributed by atoms with E-state index in [1.807, 2.05) is 13.0 Å². The second-order valence-electron chi connectivity index (χ2n) is 6.74. The maximum atomic E-state index is 12.7. The van der Waals surface area contributed by atoms with Crippen molar-refractivity contribution in [3.63, 3.8) is 0 Å². The largest absolute Gasteiger partial charge is 0.310 e. The first-order valence-electron chi connectivity index (χ1n) is 9.16. The summed E-state index contributed by atoms with van der Waals surface area (Å²) in [7, 11) is -3.38. The predicted octanol–water partition coefficient (Wildman–Crippen LogP) is 3.11. The van der Waals surface area contributed by atoms with Crippen LogP contribution in [-0.2, 0) is 21.3 Å². The molecule has 1 aromatic heterocycles. The van der Waals surface area contributed by atoms with Gasteiger partial charge in [0, 0.05) is 11.6 Å². The molecule has 162 valence electrons. The molecule has 1 amide bonds. The zero-order valence-corrected chi connectivity index (χ0v) is 18.7. The van der Waals surface area contributed by atoms with E-state index in [0.29, 0.717) is 26.0 Å². The molecule has 9 nitrogen and oxygen atoms in total. The van der Waals surface area contributed by atoms with Gasteiger partial charge in [-0.2, -0.15) is 0 Å². The molecule has 2 unspecified atom stereocenters. The summed E-state index contributed by atoms with van der Waals surface area (Å²) in [5.41, 5.74) is 1.56. The van der Waals surface area contributed by atoms with Gasteiger partial charge in [0.25, 0.3) is 11.0 Å². The van der Waals surface area contributed by atoms with Crippen molar-refractivity contribution in [2.75, 3.05) is 6.54 Å². The van der Waals surface area contributed by atoms with Gasteiger partial charge in [0.15, 0.2) is 9.84 Å². The van der Waals surface area contributed by atoms with Gasteiger partial charge in [0.2, 0.25) is 0 Å². The molecule has 2 atom stereocenters. The van der Waals surface area contributed by atoms with Crippen LogP contribution in [0.25, 0.3) is 0 Å². The molecule has 12 heteroatoms. The molecule has 0 saturated carbocycles. The van der Waals surface area contributed by atoms with Crippen LogP contribution in [-0.4, -0.2) is 31.2 Å². The lowest BCUT2D eigenvalue weighted by Gasteiger charge is -2.27. The van der Waals surface area contributed by atoms with Crippen molar-refractivity contribution in [3.8, 4) is 0 Å². The molecule has 3 rings (SSSR count). The van der Waals surface area contributed by atoms with E-state index in [-0.39, 0.29) is 12.6 Å². The number of hydrogen-bond acceptors (Lipinski definition) is 9. The second-order valence-corrected chi connectivity index (χ2v) is 11.5. The molecule has 30 heavy (non-hydrogen) atoms. The number of nitrogens with zero attached hydrogens (tertiary/aromatic N) is 1. The summed E-state index contributed by atoms with van der Waals surface area (Å²) in [4.78, 5) is 27.1. The maximum Gasteiger partial charge on any atom is 0.294 e. The van der Waals surface area contributed by atoms with Crippen LogP contribution < -0.4 is 10.0 Å². The molecule has 0 spiro atoms.